The van der Waals surface area contributed by atoms with Crippen LogP contribution < -0.4 is 20.1 Å². The van der Waals surface area contributed by atoms with E-state index in [1.165, 1.54) is 5.56 Å². The number of likely N-dealkylation sites (tertiary alicyclic amines) is 1. The number of benzene rings is 2. The van der Waals surface area contributed by atoms with E-state index in [1.54, 1.807) is 0 Å². The summed E-state index contributed by atoms with van der Waals surface area (Å²) in [5, 5.41) is 0. The van der Waals surface area contributed by atoms with Gasteiger partial charge in [0.1, 0.15) is 13.2 Å². The van der Waals surface area contributed by atoms with Gasteiger partial charge >= 0.3 is 0 Å². The topological polar surface area (TPSA) is 68.0 Å². The fraction of sp³-hybridized carbons (Fsp3) is 0.435. The Hall–Kier alpha value is -2.89. The Morgan fingerprint density at radius 3 is 2.83 bits per heavy atom. The molecule has 3 aliphatic rings. The fourth-order valence-corrected chi connectivity index (χ4v) is 4.83. The highest BCUT2D eigenvalue weighted by Gasteiger charge is 2.32. The van der Waals surface area contributed by atoms with E-state index >= 15 is 0 Å². The monoisotopic (exact) mass is 393 g/mol. The Balaban J connectivity index is 1.35. The van der Waals surface area contributed by atoms with Crippen LogP contribution in [-0.4, -0.2) is 43.7 Å². The summed E-state index contributed by atoms with van der Waals surface area (Å²) in [7, 11) is 0. The number of nitrogens with zero attached hydrogens (tertiary/aromatic N) is 2. The lowest BCUT2D eigenvalue weighted by atomic mass is 9.99. The van der Waals surface area contributed by atoms with E-state index in [4.69, 9.17) is 15.2 Å². The van der Waals surface area contributed by atoms with Gasteiger partial charge in [-0.2, -0.15) is 0 Å². The quantitative estimate of drug-likeness (QED) is 0.812. The van der Waals surface area contributed by atoms with Gasteiger partial charge in [-0.05, 0) is 61.1 Å². The fourth-order valence-electron chi connectivity index (χ4n) is 4.83. The minimum absolute atomic E-state index is 0.100. The van der Waals surface area contributed by atoms with Crippen molar-refractivity contribution < 1.29 is 14.3 Å². The molecule has 1 saturated heterocycles. The minimum atomic E-state index is 0.100. The third-order valence-corrected chi connectivity index (χ3v) is 6.23. The maximum Gasteiger partial charge on any atom is 0.242 e. The van der Waals surface area contributed by atoms with Gasteiger partial charge in [0.25, 0.3) is 0 Å². The molecule has 0 aliphatic carbocycles. The summed E-state index contributed by atoms with van der Waals surface area (Å²) < 4.78 is 11.4. The van der Waals surface area contributed by atoms with Crippen molar-refractivity contribution in [1.82, 2.24) is 4.90 Å². The number of nitrogen functional groups attached to an aromatic ring is 1. The second-order valence-corrected chi connectivity index (χ2v) is 8.02. The number of anilines is 2. The molecule has 3 heterocycles. The molecule has 3 aliphatic heterocycles. The maximum absolute atomic E-state index is 13.3. The van der Waals surface area contributed by atoms with Crippen LogP contribution in [0.5, 0.6) is 11.5 Å². The molecule has 0 saturated carbocycles. The van der Waals surface area contributed by atoms with Crippen molar-refractivity contribution >= 4 is 17.3 Å². The SMILES string of the molecule is Nc1cccc2c1CCCN2CC(=O)N1CCCC1c1ccc2c(c1)OCCO2. The highest BCUT2D eigenvalue weighted by molar-refractivity contribution is 5.83. The van der Waals surface area contributed by atoms with Gasteiger partial charge in [-0.1, -0.05) is 12.1 Å². The van der Waals surface area contributed by atoms with Crippen molar-refractivity contribution in [2.24, 2.45) is 0 Å². The summed E-state index contributed by atoms with van der Waals surface area (Å²) in [6, 6.07) is 12.2. The highest BCUT2D eigenvalue weighted by atomic mass is 16.6. The average molecular weight is 393 g/mol. The van der Waals surface area contributed by atoms with E-state index in [-0.39, 0.29) is 11.9 Å². The lowest BCUT2D eigenvalue weighted by molar-refractivity contribution is -0.130. The molecule has 6 heteroatoms. The van der Waals surface area contributed by atoms with Gasteiger partial charge in [0.15, 0.2) is 11.5 Å². The summed E-state index contributed by atoms with van der Waals surface area (Å²) in [6.45, 7) is 3.25. The predicted octanol–water partition coefficient (Wildman–Crippen LogP) is 3.16. The Morgan fingerprint density at radius 1 is 1.07 bits per heavy atom. The Morgan fingerprint density at radius 2 is 1.93 bits per heavy atom. The Kier molecular flexibility index (Phi) is 4.70. The van der Waals surface area contributed by atoms with Crippen LogP contribution in [0.4, 0.5) is 11.4 Å². The van der Waals surface area contributed by atoms with Gasteiger partial charge in [-0.25, -0.2) is 0 Å². The first-order valence-electron chi connectivity index (χ1n) is 10.5. The van der Waals surface area contributed by atoms with E-state index in [9.17, 15) is 4.79 Å². The highest BCUT2D eigenvalue weighted by Crippen LogP contribution is 2.38. The summed E-state index contributed by atoms with van der Waals surface area (Å²) >= 11 is 0. The number of carbonyl (C=O) groups is 1. The van der Waals surface area contributed by atoms with Gasteiger partial charge < -0.3 is 25.0 Å². The predicted molar refractivity (Wildman–Crippen MR) is 113 cm³/mol. The first-order chi connectivity index (χ1) is 14.2. The van der Waals surface area contributed by atoms with Crippen LogP contribution in [0.25, 0.3) is 0 Å². The molecule has 2 aromatic rings. The molecule has 1 amide bonds. The molecule has 6 nitrogen and oxygen atoms in total. The summed E-state index contributed by atoms with van der Waals surface area (Å²) in [6.07, 6.45) is 4.01. The zero-order valence-electron chi connectivity index (χ0n) is 16.6. The molecule has 1 unspecified atom stereocenters. The molecular weight excluding hydrogens is 366 g/mol. The van der Waals surface area contributed by atoms with Crippen LogP contribution in [0, 0.1) is 0 Å². The molecule has 0 bridgehead atoms. The van der Waals surface area contributed by atoms with Gasteiger partial charge in [-0.3, -0.25) is 4.79 Å². The molecule has 2 N–H and O–H groups in total. The summed E-state index contributed by atoms with van der Waals surface area (Å²) in [5.74, 6) is 1.75. The third-order valence-electron chi connectivity index (χ3n) is 6.23. The van der Waals surface area contributed by atoms with Crippen LogP contribution in [0.1, 0.15) is 36.4 Å². The van der Waals surface area contributed by atoms with Crippen molar-refractivity contribution in [2.75, 3.05) is 43.5 Å². The molecule has 0 spiro atoms. The van der Waals surface area contributed by atoms with E-state index in [0.29, 0.717) is 19.8 Å². The number of hydrogen-bond donors (Lipinski definition) is 1. The van der Waals surface area contributed by atoms with Gasteiger partial charge in [0, 0.05) is 24.5 Å². The number of hydrogen-bond acceptors (Lipinski definition) is 5. The second-order valence-electron chi connectivity index (χ2n) is 8.02. The molecular formula is C23H27N3O3. The van der Waals surface area contributed by atoms with E-state index in [1.807, 2.05) is 29.2 Å². The number of amides is 1. The largest absolute Gasteiger partial charge is 0.486 e. The summed E-state index contributed by atoms with van der Waals surface area (Å²) in [5.41, 5.74) is 10.4. The van der Waals surface area contributed by atoms with Crippen molar-refractivity contribution in [1.29, 1.82) is 0 Å². The van der Waals surface area contributed by atoms with E-state index < -0.39 is 0 Å². The second kappa shape index (κ2) is 7.50. The number of rotatable bonds is 3. The summed E-state index contributed by atoms with van der Waals surface area (Å²) in [4.78, 5) is 17.5. The Bertz CT molecular complexity index is 930. The van der Waals surface area contributed by atoms with Crippen LogP contribution in [0.2, 0.25) is 0 Å². The number of carbonyl (C=O) groups excluding carboxylic acids is 1. The third kappa shape index (κ3) is 3.37. The average Bonchev–Trinajstić information content (AvgIpc) is 3.24. The number of nitrogens with two attached hydrogens (primary N) is 1. The molecule has 2 aromatic carbocycles. The molecule has 1 fully saturated rings. The first kappa shape index (κ1) is 18.2. The van der Waals surface area contributed by atoms with Crippen LogP contribution in [0.15, 0.2) is 36.4 Å². The zero-order valence-corrected chi connectivity index (χ0v) is 16.6. The van der Waals surface area contributed by atoms with Crippen molar-refractivity contribution in [3.05, 3.63) is 47.5 Å². The molecule has 0 radical (unpaired) electrons. The smallest absolute Gasteiger partial charge is 0.242 e. The van der Waals surface area contributed by atoms with Crippen molar-refractivity contribution in [2.45, 2.75) is 31.7 Å². The van der Waals surface area contributed by atoms with Gasteiger partial charge in [0.2, 0.25) is 5.91 Å². The number of fused-ring (bicyclic) bond motifs is 2. The van der Waals surface area contributed by atoms with Crippen molar-refractivity contribution in [3.63, 3.8) is 0 Å². The molecule has 5 rings (SSSR count). The van der Waals surface area contributed by atoms with Crippen LogP contribution in [0.3, 0.4) is 0 Å². The van der Waals surface area contributed by atoms with Crippen molar-refractivity contribution in [3.8, 4) is 11.5 Å². The maximum atomic E-state index is 13.3. The zero-order chi connectivity index (χ0) is 19.8. The van der Waals surface area contributed by atoms with Gasteiger partial charge in [0.05, 0.1) is 12.6 Å². The number of ether oxygens (including phenoxy) is 2. The van der Waals surface area contributed by atoms with Gasteiger partial charge in [-0.15, -0.1) is 0 Å². The molecule has 152 valence electrons. The minimum Gasteiger partial charge on any atom is -0.486 e. The lowest BCUT2D eigenvalue weighted by Crippen LogP contribution is -2.42. The van der Waals surface area contributed by atoms with Crippen LogP contribution >= 0.6 is 0 Å². The molecule has 29 heavy (non-hydrogen) atoms. The normalized spacial score (nSPS) is 20.5. The standard InChI is InChI=1S/C23H27N3O3/c24-18-5-1-6-20-17(18)4-2-10-25(20)15-23(27)26-11-3-7-19(26)16-8-9-21-22(14-16)29-13-12-28-21/h1,5-6,8-9,14,19H,2-4,7,10-13,15,24H2. The van der Waals surface area contributed by atoms with E-state index in [2.05, 4.69) is 17.0 Å². The molecule has 0 aromatic heterocycles. The van der Waals surface area contributed by atoms with E-state index in [0.717, 1.165) is 67.2 Å². The van der Waals surface area contributed by atoms with Crippen LogP contribution in [-0.2, 0) is 11.2 Å². The Labute approximate surface area is 171 Å². The first-order valence-corrected chi connectivity index (χ1v) is 10.5. The lowest BCUT2D eigenvalue weighted by Gasteiger charge is -2.34. The molecule has 1 atom stereocenters.